The van der Waals surface area contributed by atoms with Crippen molar-refractivity contribution >= 4 is 0 Å². The minimum absolute atomic E-state index is 0.0854. The molecule has 5 atom stereocenters. The van der Waals surface area contributed by atoms with Crippen molar-refractivity contribution in [1.82, 2.24) is 0 Å². The SMILES string of the molecule is C[C@]12CC[C@]3(C)C(O)CC[C@H]3[C@@H]1CCC1=C2CC=C(O)C1. The lowest BCUT2D eigenvalue weighted by atomic mass is 9.48. The number of fused-ring (bicyclic) bond motifs is 4. The fourth-order valence-corrected chi connectivity index (χ4v) is 6.28. The molecule has 0 radical (unpaired) electrons. The van der Waals surface area contributed by atoms with Gasteiger partial charge in [-0.25, -0.2) is 0 Å². The summed E-state index contributed by atoms with van der Waals surface area (Å²) in [5, 5.41) is 20.3. The number of rotatable bonds is 0. The Bertz CT molecular complexity index is 532. The summed E-state index contributed by atoms with van der Waals surface area (Å²) in [4.78, 5) is 0. The van der Waals surface area contributed by atoms with Gasteiger partial charge in [0.25, 0.3) is 0 Å². The van der Waals surface area contributed by atoms with Crippen LogP contribution < -0.4 is 0 Å². The van der Waals surface area contributed by atoms with Crippen LogP contribution in [0.5, 0.6) is 0 Å². The second-order valence-electron chi connectivity index (χ2n) is 8.43. The van der Waals surface area contributed by atoms with Crippen molar-refractivity contribution < 1.29 is 10.2 Å². The van der Waals surface area contributed by atoms with E-state index < -0.39 is 0 Å². The molecule has 1 unspecified atom stereocenters. The number of allylic oxidation sites excluding steroid dienone is 3. The van der Waals surface area contributed by atoms with Crippen molar-refractivity contribution in [1.29, 1.82) is 0 Å². The first-order chi connectivity index (χ1) is 9.95. The van der Waals surface area contributed by atoms with Crippen LogP contribution in [-0.4, -0.2) is 16.3 Å². The summed E-state index contributed by atoms with van der Waals surface area (Å²) in [6.45, 7) is 4.82. The molecule has 0 saturated heterocycles. The molecule has 2 N–H and O–H groups in total. The first-order valence-electron chi connectivity index (χ1n) is 8.72. The maximum Gasteiger partial charge on any atom is 0.0926 e. The molecule has 2 heteroatoms. The number of hydrogen-bond donors (Lipinski definition) is 2. The van der Waals surface area contributed by atoms with Crippen molar-refractivity contribution in [3.63, 3.8) is 0 Å². The van der Waals surface area contributed by atoms with Gasteiger partial charge in [-0.1, -0.05) is 25.0 Å². The van der Waals surface area contributed by atoms with Gasteiger partial charge in [0.15, 0.2) is 0 Å². The molecule has 2 nitrogen and oxygen atoms in total. The van der Waals surface area contributed by atoms with Gasteiger partial charge in [0.1, 0.15) is 0 Å². The number of hydrogen-bond acceptors (Lipinski definition) is 2. The van der Waals surface area contributed by atoms with Gasteiger partial charge in [0.2, 0.25) is 0 Å². The molecule has 4 aliphatic rings. The van der Waals surface area contributed by atoms with E-state index in [1.165, 1.54) is 24.8 Å². The summed E-state index contributed by atoms with van der Waals surface area (Å²) >= 11 is 0. The normalized spacial score (nSPS) is 49.3. The molecule has 4 aliphatic carbocycles. The maximum atomic E-state index is 10.5. The van der Waals surface area contributed by atoms with Gasteiger partial charge in [-0.2, -0.15) is 0 Å². The second kappa shape index (κ2) is 4.38. The predicted octanol–water partition coefficient (Wildman–Crippen LogP) is 4.51. The Balaban J connectivity index is 1.71. The molecule has 0 aromatic rings. The topological polar surface area (TPSA) is 40.5 Å². The highest BCUT2D eigenvalue weighted by atomic mass is 16.3. The molecule has 0 amide bonds. The zero-order valence-electron chi connectivity index (χ0n) is 13.4. The fraction of sp³-hybridized carbons (Fsp3) is 0.789. The summed E-state index contributed by atoms with van der Waals surface area (Å²) in [6, 6.07) is 0. The fourth-order valence-electron chi connectivity index (χ4n) is 6.28. The van der Waals surface area contributed by atoms with E-state index in [4.69, 9.17) is 0 Å². The summed E-state index contributed by atoms with van der Waals surface area (Å²) in [5.41, 5.74) is 3.64. The largest absolute Gasteiger partial charge is 0.512 e. The lowest BCUT2D eigenvalue weighted by molar-refractivity contribution is -0.0613. The number of aliphatic hydroxyl groups is 2. The molecule has 4 rings (SSSR count). The number of aliphatic hydroxyl groups excluding tert-OH is 2. The van der Waals surface area contributed by atoms with E-state index in [0.29, 0.717) is 17.1 Å². The van der Waals surface area contributed by atoms with Gasteiger partial charge < -0.3 is 10.2 Å². The van der Waals surface area contributed by atoms with Crippen LogP contribution in [0.3, 0.4) is 0 Å². The molecule has 2 saturated carbocycles. The van der Waals surface area contributed by atoms with Gasteiger partial charge in [-0.05, 0) is 73.7 Å². The highest BCUT2D eigenvalue weighted by Gasteiger charge is 2.58. The third kappa shape index (κ3) is 1.75. The van der Waals surface area contributed by atoms with Gasteiger partial charge >= 0.3 is 0 Å². The lowest BCUT2D eigenvalue weighted by Gasteiger charge is -2.57. The molecule has 0 aliphatic heterocycles. The Morgan fingerprint density at radius 1 is 1.10 bits per heavy atom. The molecule has 116 valence electrons. The van der Waals surface area contributed by atoms with E-state index in [1.807, 2.05) is 6.08 Å². The zero-order chi connectivity index (χ0) is 14.8. The minimum Gasteiger partial charge on any atom is -0.512 e. The van der Waals surface area contributed by atoms with Crippen molar-refractivity contribution in [3.05, 3.63) is 23.0 Å². The molecule has 0 bridgehead atoms. The minimum atomic E-state index is -0.0854. The van der Waals surface area contributed by atoms with Gasteiger partial charge in [0.05, 0.1) is 11.9 Å². The Morgan fingerprint density at radius 2 is 1.90 bits per heavy atom. The van der Waals surface area contributed by atoms with Crippen LogP contribution in [0.25, 0.3) is 0 Å². The average molecular weight is 288 g/mol. The molecule has 21 heavy (non-hydrogen) atoms. The molecule has 0 aromatic heterocycles. The van der Waals surface area contributed by atoms with E-state index in [2.05, 4.69) is 13.8 Å². The maximum absolute atomic E-state index is 10.5. The summed E-state index contributed by atoms with van der Waals surface area (Å²) in [6.07, 6.45) is 10.7. The molecular weight excluding hydrogens is 260 g/mol. The molecule has 0 spiro atoms. The first-order valence-corrected chi connectivity index (χ1v) is 8.72. The Kier molecular flexibility index (Phi) is 2.89. The zero-order valence-corrected chi connectivity index (χ0v) is 13.4. The Hall–Kier alpha value is -0.760. The van der Waals surface area contributed by atoms with Crippen molar-refractivity contribution in [2.75, 3.05) is 0 Å². The van der Waals surface area contributed by atoms with Crippen molar-refractivity contribution in [2.24, 2.45) is 22.7 Å². The third-order valence-electron chi connectivity index (χ3n) is 7.66. The molecule has 2 fully saturated rings. The second-order valence-corrected chi connectivity index (χ2v) is 8.43. The van der Waals surface area contributed by atoms with Crippen LogP contribution in [0.2, 0.25) is 0 Å². The quantitative estimate of drug-likeness (QED) is 0.644. The summed E-state index contributed by atoms with van der Waals surface area (Å²) in [7, 11) is 0. The summed E-state index contributed by atoms with van der Waals surface area (Å²) in [5.74, 6) is 2.01. The van der Waals surface area contributed by atoms with E-state index in [1.54, 1.807) is 5.57 Å². The Morgan fingerprint density at radius 3 is 2.71 bits per heavy atom. The molecular formula is C19H28O2. The smallest absolute Gasteiger partial charge is 0.0926 e. The van der Waals surface area contributed by atoms with Crippen LogP contribution in [0.15, 0.2) is 23.0 Å². The summed E-state index contributed by atoms with van der Waals surface area (Å²) < 4.78 is 0. The first kappa shape index (κ1) is 13.9. The highest BCUT2D eigenvalue weighted by molar-refractivity contribution is 5.35. The van der Waals surface area contributed by atoms with Crippen LogP contribution in [0.1, 0.15) is 65.2 Å². The van der Waals surface area contributed by atoms with Crippen molar-refractivity contribution in [2.45, 2.75) is 71.3 Å². The third-order valence-corrected chi connectivity index (χ3v) is 7.66. The van der Waals surface area contributed by atoms with Crippen LogP contribution in [0.4, 0.5) is 0 Å². The van der Waals surface area contributed by atoms with E-state index in [0.717, 1.165) is 38.0 Å². The molecule has 0 aromatic carbocycles. The van der Waals surface area contributed by atoms with E-state index in [-0.39, 0.29) is 11.5 Å². The molecule has 0 heterocycles. The van der Waals surface area contributed by atoms with Crippen LogP contribution in [-0.2, 0) is 0 Å². The van der Waals surface area contributed by atoms with Gasteiger partial charge in [0, 0.05) is 6.42 Å². The lowest BCUT2D eigenvalue weighted by Crippen LogP contribution is -2.50. The van der Waals surface area contributed by atoms with Crippen LogP contribution >= 0.6 is 0 Å². The van der Waals surface area contributed by atoms with Crippen molar-refractivity contribution in [3.8, 4) is 0 Å². The van der Waals surface area contributed by atoms with Crippen LogP contribution in [0, 0.1) is 22.7 Å². The highest BCUT2D eigenvalue weighted by Crippen LogP contribution is 2.65. The van der Waals surface area contributed by atoms with Gasteiger partial charge in [-0.3, -0.25) is 0 Å². The van der Waals surface area contributed by atoms with Gasteiger partial charge in [-0.15, -0.1) is 0 Å². The predicted molar refractivity (Wildman–Crippen MR) is 83.9 cm³/mol. The van der Waals surface area contributed by atoms with E-state index in [9.17, 15) is 10.2 Å². The Labute approximate surface area is 127 Å². The van der Waals surface area contributed by atoms with E-state index >= 15 is 0 Å². The average Bonchev–Trinajstić information content (AvgIpc) is 2.75. The standard InChI is InChI=1S/C19H28O2/c1-18-9-10-19(2)16(7-8-17(19)21)15(18)5-3-12-11-13(20)4-6-14(12)18/h4,15-17,20-21H,3,5-11H2,1-2H3/t15-,16-,17?,18+,19-/m0/s1. The monoisotopic (exact) mass is 288 g/mol.